The molecule has 0 radical (unpaired) electrons. The second-order valence-corrected chi connectivity index (χ2v) is 5.62. The molecule has 24 heavy (non-hydrogen) atoms. The lowest BCUT2D eigenvalue weighted by atomic mass is 10.1. The third kappa shape index (κ3) is 2.29. The molecule has 2 aromatic heterocycles. The van der Waals surface area contributed by atoms with Gasteiger partial charge in [-0.3, -0.25) is 4.79 Å². The van der Waals surface area contributed by atoms with Crippen LogP contribution in [0.1, 0.15) is 16.1 Å². The van der Waals surface area contributed by atoms with Gasteiger partial charge in [0.1, 0.15) is 5.69 Å². The standard InChI is InChI=1S/C20H15N3O/c1-14-18(13-24)22-23-19(16-10-6-3-7-11-16)12-17(21-20(14)23)15-8-4-2-5-9-15/h2-13H,1H3. The van der Waals surface area contributed by atoms with E-state index in [0.717, 1.165) is 34.4 Å². The summed E-state index contributed by atoms with van der Waals surface area (Å²) in [5, 5.41) is 4.43. The Bertz CT molecular complexity index is 1020. The number of hydrogen-bond acceptors (Lipinski definition) is 3. The van der Waals surface area contributed by atoms with Gasteiger partial charge in [-0.2, -0.15) is 5.10 Å². The van der Waals surface area contributed by atoms with Crippen LogP contribution in [-0.2, 0) is 0 Å². The van der Waals surface area contributed by atoms with Gasteiger partial charge in [0.15, 0.2) is 11.9 Å². The van der Waals surface area contributed by atoms with Gasteiger partial charge in [-0.05, 0) is 13.0 Å². The number of hydrogen-bond donors (Lipinski definition) is 0. The quantitative estimate of drug-likeness (QED) is 0.533. The number of aldehydes is 1. The van der Waals surface area contributed by atoms with E-state index < -0.39 is 0 Å². The molecule has 4 rings (SSSR count). The van der Waals surface area contributed by atoms with E-state index in [1.807, 2.05) is 73.7 Å². The van der Waals surface area contributed by atoms with E-state index in [9.17, 15) is 4.79 Å². The first-order valence-corrected chi connectivity index (χ1v) is 7.74. The average Bonchev–Trinajstić information content (AvgIpc) is 2.98. The summed E-state index contributed by atoms with van der Waals surface area (Å²) < 4.78 is 1.75. The van der Waals surface area contributed by atoms with Crippen LogP contribution in [0.25, 0.3) is 28.2 Å². The van der Waals surface area contributed by atoms with E-state index in [1.54, 1.807) is 4.52 Å². The minimum Gasteiger partial charge on any atom is -0.296 e. The van der Waals surface area contributed by atoms with Crippen molar-refractivity contribution in [2.45, 2.75) is 6.92 Å². The summed E-state index contributed by atoms with van der Waals surface area (Å²) in [5.74, 6) is 0. The molecular formula is C20H15N3O. The Morgan fingerprint density at radius 1 is 0.917 bits per heavy atom. The third-order valence-electron chi connectivity index (χ3n) is 4.11. The third-order valence-corrected chi connectivity index (χ3v) is 4.11. The smallest absolute Gasteiger partial charge is 0.170 e. The van der Waals surface area contributed by atoms with Crippen molar-refractivity contribution in [3.8, 4) is 22.5 Å². The highest BCUT2D eigenvalue weighted by molar-refractivity contribution is 5.80. The number of fused-ring (bicyclic) bond motifs is 1. The van der Waals surface area contributed by atoms with Gasteiger partial charge < -0.3 is 0 Å². The number of benzene rings is 2. The predicted molar refractivity (Wildman–Crippen MR) is 94.0 cm³/mol. The maximum absolute atomic E-state index is 11.3. The molecule has 0 aliphatic heterocycles. The van der Waals surface area contributed by atoms with E-state index in [1.165, 1.54) is 0 Å². The molecule has 116 valence electrons. The maximum atomic E-state index is 11.3. The summed E-state index contributed by atoms with van der Waals surface area (Å²) in [6.45, 7) is 1.88. The lowest BCUT2D eigenvalue weighted by molar-refractivity contribution is 0.111. The van der Waals surface area contributed by atoms with Crippen molar-refractivity contribution in [3.63, 3.8) is 0 Å². The number of aromatic nitrogens is 3. The van der Waals surface area contributed by atoms with Crippen LogP contribution in [0.15, 0.2) is 66.7 Å². The summed E-state index contributed by atoms with van der Waals surface area (Å²) in [4.78, 5) is 16.0. The largest absolute Gasteiger partial charge is 0.296 e. The Hall–Kier alpha value is -3.27. The van der Waals surface area contributed by atoms with Gasteiger partial charge in [0.25, 0.3) is 0 Å². The molecule has 0 atom stereocenters. The summed E-state index contributed by atoms with van der Waals surface area (Å²) in [5.41, 5.74) is 5.76. The monoisotopic (exact) mass is 313 g/mol. The van der Waals surface area contributed by atoms with Gasteiger partial charge in [-0.25, -0.2) is 9.50 Å². The first-order chi connectivity index (χ1) is 11.8. The Balaban J connectivity index is 2.07. The molecule has 0 fully saturated rings. The van der Waals surface area contributed by atoms with E-state index in [-0.39, 0.29) is 0 Å². The van der Waals surface area contributed by atoms with Crippen LogP contribution in [0.2, 0.25) is 0 Å². The second-order valence-electron chi connectivity index (χ2n) is 5.62. The molecule has 0 bridgehead atoms. The number of aryl methyl sites for hydroxylation is 1. The van der Waals surface area contributed by atoms with Crippen LogP contribution in [0.5, 0.6) is 0 Å². The fourth-order valence-corrected chi connectivity index (χ4v) is 2.82. The molecule has 2 aromatic carbocycles. The van der Waals surface area contributed by atoms with Gasteiger partial charge in [0.05, 0.1) is 11.4 Å². The Morgan fingerprint density at radius 3 is 2.17 bits per heavy atom. The second kappa shape index (κ2) is 5.74. The predicted octanol–water partition coefficient (Wildman–Crippen LogP) is 4.18. The zero-order valence-corrected chi connectivity index (χ0v) is 13.2. The van der Waals surface area contributed by atoms with Crippen LogP contribution in [-0.4, -0.2) is 20.9 Å². The minimum absolute atomic E-state index is 0.421. The summed E-state index contributed by atoms with van der Waals surface area (Å²) in [7, 11) is 0. The zero-order valence-electron chi connectivity index (χ0n) is 13.2. The number of nitrogens with zero attached hydrogens (tertiary/aromatic N) is 3. The fraction of sp³-hybridized carbons (Fsp3) is 0.0500. The van der Waals surface area contributed by atoms with Crippen molar-refractivity contribution in [1.29, 1.82) is 0 Å². The lowest BCUT2D eigenvalue weighted by Crippen LogP contribution is -1.98. The summed E-state index contributed by atoms with van der Waals surface area (Å²) in [6.07, 6.45) is 0.779. The molecule has 0 aliphatic carbocycles. The normalized spacial score (nSPS) is 10.9. The van der Waals surface area contributed by atoms with Gasteiger partial charge in [0.2, 0.25) is 0 Å². The van der Waals surface area contributed by atoms with Crippen LogP contribution >= 0.6 is 0 Å². The van der Waals surface area contributed by atoms with Gasteiger partial charge >= 0.3 is 0 Å². The molecule has 0 aliphatic rings. The lowest BCUT2D eigenvalue weighted by Gasteiger charge is -2.09. The SMILES string of the molecule is Cc1c(C=O)nn2c(-c3ccccc3)cc(-c3ccccc3)nc12. The highest BCUT2D eigenvalue weighted by atomic mass is 16.1. The van der Waals surface area contributed by atoms with E-state index in [2.05, 4.69) is 5.10 Å². The highest BCUT2D eigenvalue weighted by Gasteiger charge is 2.15. The summed E-state index contributed by atoms with van der Waals surface area (Å²) >= 11 is 0. The molecule has 0 N–H and O–H groups in total. The van der Waals surface area contributed by atoms with Crippen molar-refractivity contribution in [3.05, 3.63) is 78.0 Å². The molecule has 0 saturated carbocycles. The number of rotatable bonds is 3. The van der Waals surface area contributed by atoms with Crippen molar-refractivity contribution in [1.82, 2.24) is 14.6 Å². The van der Waals surface area contributed by atoms with Crippen LogP contribution < -0.4 is 0 Å². The molecule has 2 heterocycles. The van der Waals surface area contributed by atoms with Crippen LogP contribution in [0, 0.1) is 6.92 Å². The van der Waals surface area contributed by atoms with Crippen molar-refractivity contribution >= 4 is 11.9 Å². The average molecular weight is 313 g/mol. The molecule has 4 nitrogen and oxygen atoms in total. The molecule has 0 amide bonds. The first-order valence-electron chi connectivity index (χ1n) is 7.74. The molecule has 4 aromatic rings. The fourth-order valence-electron chi connectivity index (χ4n) is 2.82. The van der Waals surface area contributed by atoms with Crippen LogP contribution in [0.3, 0.4) is 0 Å². The van der Waals surface area contributed by atoms with E-state index >= 15 is 0 Å². The van der Waals surface area contributed by atoms with Gasteiger partial charge in [0, 0.05) is 16.7 Å². The molecule has 0 unspecified atom stereocenters. The number of carbonyl (C=O) groups excluding carboxylic acids is 1. The Labute approximate surface area is 139 Å². The van der Waals surface area contributed by atoms with Crippen molar-refractivity contribution < 1.29 is 4.79 Å². The molecule has 4 heteroatoms. The van der Waals surface area contributed by atoms with Gasteiger partial charge in [-0.15, -0.1) is 0 Å². The van der Waals surface area contributed by atoms with Crippen molar-refractivity contribution in [2.75, 3.05) is 0 Å². The topological polar surface area (TPSA) is 47.3 Å². The zero-order chi connectivity index (χ0) is 16.5. The molecule has 0 spiro atoms. The Morgan fingerprint density at radius 2 is 1.54 bits per heavy atom. The molecule has 0 saturated heterocycles. The summed E-state index contributed by atoms with van der Waals surface area (Å²) in [6, 6.07) is 22.0. The minimum atomic E-state index is 0.421. The van der Waals surface area contributed by atoms with Crippen molar-refractivity contribution in [2.24, 2.45) is 0 Å². The first kappa shape index (κ1) is 14.3. The van der Waals surface area contributed by atoms with Gasteiger partial charge in [-0.1, -0.05) is 60.7 Å². The van der Waals surface area contributed by atoms with Crippen LogP contribution in [0.4, 0.5) is 0 Å². The number of carbonyl (C=O) groups is 1. The van der Waals surface area contributed by atoms with E-state index in [0.29, 0.717) is 11.3 Å². The molecular weight excluding hydrogens is 298 g/mol. The Kier molecular flexibility index (Phi) is 3.43. The maximum Gasteiger partial charge on any atom is 0.170 e. The highest BCUT2D eigenvalue weighted by Crippen LogP contribution is 2.27. The van der Waals surface area contributed by atoms with E-state index in [4.69, 9.17) is 4.98 Å².